The number of amides is 1. The lowest BCUT2D eigenvalue weighted by Gasteiger charge is -2.21. The first-order valence-corrected chi connectivity index (χ1v) is 11.5. The molecule has 0 fully saturated rings. The maximum atomic E-state index is 12.9. The molecule has 1 aromatic heterocycles. The van der Waals surface area contributed by atoms with Gasteiger partial charge in [0.1, 0.15) is 5.75 Å². The molecule has 0 bridgehead atoms. The van der Waals surface area contributed by atoms with E-state index in [0.717, 1.165) is 11.5 Å². The van der Waals surface area contributed by atoms with Gasteiger partial charge in [0.15, 0.2) is 11.0 Å². The number of ether oxygens (including phenoxy) is 1. The van der Waals surface area contributed by atoms with Gasteiger partial charge in [-0.3, -0.25) is 14.3 Å². The van der Waals surface area contributed by atoms with E-state index in [4.69, 9.17) is 27.9 Å². The van der Waals surface area contributed by atoms with Crippen LogP contribution in [0.25, 0.3) is 5.69 Å². The Morgan fingerprint density at radius 1 is 1.09 bits per heavy atom. The molecule has 0 saturated carbocycles. The molecule has 2 atom stereocenters. The number of carbonyl (C=O) groups is 1. The zero-order chi connectivity index (χ0) is 23.4. The average Bonchev–Trinajstić information content (AvgIpc) is 3.17. The van der Waals surface area contributed by atoms with Crippen molar-refractivity contribution in [2.45, 2.75) is 30.3 Å². The lowest BCUT2D eigenvalue weighted by atomic mass is 10.2. The summed E-state index contributed by atoms with van der Waals surface area (Å²) in [5, 5.41) is 13.0. The molecule has 32 heavy (non-hydrogen) atoms. The fourth-order valence-electron chi connectivity index (χ4n) is 2.92. The summed E-state index contributed by atoms with van der Waals surface area (Å²) in [6, 6.07) is 12.5. The van der Waals surface area contributed by atoms with Crippen LogP contribution in [0.1, 0.15) is 25.7 Å². The molecular weight excluding hydrogens is 469 g/mol. The maximum absolute atomic E-state index is 12.9. The van der Waals surface area contributed by atoms with Crippen LogP contribution < -0.4 is 10.1 Å². The minimum atomic E-state index is -0.462. The number of nitrogens with zero attached hydrogens (tertiary/aromatic N) is 4. The van der Waals surface area contributed by atoms with Gasteiger partial charge in [-0.25, -0.2) is 0 Å². The van der Waals surface area contributed by atoms with Gasteiger partial charge < -0.3 is 10.1 Å². The number of methoxy groups -OCH3 is 1. The van der Waals surface area contributed by atoms with Crippen LogP contribution in [-0.2, 0) is 4.79 Å². The van der Waals surface area contributed by atoms with Crippen LogP contribution in [0.4, 0.5) is 5.69 Å². The van der Waals surface area contributed by atoms with Crippen molar-refractivity contribution >= 4 is 46.6 Å². The first-order chi connectivity index (χ1) is 15.2. The second kappa shape index (κ2) is 10.6. The van der Waals surface area contributed by atoms with Crippen LogP contribution >= 0.6 is 35.0 Å². The summed E-state index contributed by atoms with van der Waals surface area (Å²) in [5.41, 5.74) is 1.38. The molecule has 1 N–H and O–H groups in total. The van der Waals surface area contributed by atoms with Crippen molar-refractivity contribution < 1.29 is 9.53 Å². The fourth-order valence-corrected chi connectivity index (χ4v) is 4.09. The molecule has 0 spiro atoms. The maximum Gasteiger partial charge on any atom is 0.237 e. The third kappa shape index (κ3) is 5.56. The summed E-state index contributed by atoms with van der Waals surface area (Å²) in [6.07, 6.45) is 0. The number of anilines is 1. The third-order valence-electron chi connectivity index (χ3n) is 4.96. The number of benzene rings is 2. The number of hydrogen-bond donors (Lipinski definition) is 1. The third-order valence-corrected chi connectivity index (χ3v) is 6.49. The van der Waals surface area contributed by atoms with Crippen molar-refractivity contribution in [2.75, 3.05) is 26.5 Å². The minimum Gasteiger partial charge on any atom is -0.495 e. The standard InChI is InChI=1S/C22H25Cl2N5O2S/c1-13(28(3)4)20-26-27-22(29(20)17-9-6-15(23)7-10-17)32-14(2)21(30)25-18-12-16(24)8-11-19(18)31-5/h6-14H,1-5H3,(H,25,30). The largest absolute Gasteiger partial charge is 0.495 e. The van der Waals surface area contributed by atoms with Crippen LogP contribution in [0.15, 0.2) is 47.6 Å². The van der Waals surface area contributed by atoms with E-state index in [1.54, 1.807) is 25.3 Å². The molecule has 0 aliphatic heterocycles. The summed E-state index contributed by atoms with van der Waals surface area (Å²) in [4.78, 5) is 15.0. The number of rotatable bonds is 8. The van der Waals surface area contributed by atoms with Crippen molar-refractivity contribution in [3.8, 4) is 11.4 Å². The van der Waals surface area contributed by atoms with Gasteiger partial charge in [0.2, 0.25) is 5.91 Å². The Balaban J connectivity index is 1.88. The van der Waals surface area contributed by atoms with Gasteiger partial charge >= 0.3 is 0 Å². The van der Waals surface area contributed by atoms with E-state index in [1.807, 2.05) is 61.7 Å². The predicted octanol–water partition coefficient (Wildman–Crippen LogP) is 5.32. The lowest BCUT2D eigenvalue weighted by Crippen LogP contribution is -2.23. The van der Waals surface area contributed by atoms with Gasteiger partial charge in [0.25, 0.3) is 0 Å². The summed E-state index contributed by atoms with van der Waals surface area (Å²) < 4.78 is 7.27. The van der Waals surface area contributed by atoms with E-state index in [-0.39, 0.29) is 11.9 Å². The number of aromatic nitrogens is 3. The Morgan fingerprint density at radius 3 is 2.38 bits per heavy atom. The summed E-state index contributed by atoms with van der Waals surface area (Å²) in [6.45, 7) is 3.86. The zero-order valence-electron chi connectivity index (χ0n) is 18.5. The molecule has 3 aromatic rings. The molecule has 7 nitrogen and oxygen atoms in total. The van der Waals surface area contributed by atoms with Gasteiger partial charge in [-0.2, -0.15) is 0 Å². The molecule has 0 aliphatic carbocycles. The van der Waals surface area contributed by atoms with Gasteiger partial charge in [-0.1, -0.05) is 35.0 Å². The van der Waals surface area contributed by atoms with Gasteiger partial charge in [0.05, 0.1) is 24.1 Å². The molecule has 0 saturated heterocycles. The SMILES string of the molecule is COc1ccc(Cl)cc1NC(=O)C(C)Sc1nnc(C(C)N(C)C)n1-c1ccc(Cl)cc1. The fraction of sp³-hybridized carbons (Fsp3) is 0.318. The number of halogens is 2. The van der Waals surface area contributed by atoms with E-state index >= 15 is 0 Å². The van der Waals surface area contributed by atoms with Crippen LogP contribution in [0.2, 0.25) is 10.0 Å². The monoisotopic (exact) mass is 493 g/mol. The van der Waals surface area contributed by atoms with Gasteiger partial charge in [-0.05, 0) is 70.4 Å². The minimum absolute atomic E-state index is 0.00684. The number of thioether (sulfide) groups is 1. The molecule has 2 aromatic carbocycles. The van der Waals surface area contributed by atoms with E-state index < -0.39 is 5.25 Å². The number of hydrogen-bond acceptors (Lipinski definition) is 6. The molecule has 0 aliphatic rings. The van der Waals surface area contributed by atoms with Crippen molar-refractivity contribution in [2.24, 2.45) is 0 Å². The molecule has 170 valence electrons. The van der Waals surface area contributed by atoms with E-state index in [9.17, 15) is 4.79 Å². The van der Waals surface area contributed by atoms with Crippen LogP contribution in [0, 0.1) is 0 Å². The Hall–Kier alpha value is -2.26. The first-order valence-electron chi connectivity index (χ1n) is 9.90. The van der Waals surface area contributed by atoms with Gasteiger partial charge in [-0.15, -0.1) is 10.2 Å². The first kappa shape index (κ1) is 24.4. The van der Waals surface area contributed by atoms with Crippen molar-refractivity contribution in [1.29, 1.82) is 0 Å². The Bertz CT molecular complexity index is 1090. The Kier molecular flexibility index (Phi) is 8.05. The second-order valence-corrected chi connectivity index (χ2v) is 9.57. The summed E-state index contributed by atoms with van der Waals surface area (Å²) in [7, 11) is 5.50. The van der Waals surface area contributed by atoms with Crippen molar-refractivity contribution in [3.63, 3.8) is 0 Å². The Morgan fingerprint density at radius 2 is 1.75 bits per heavy atom. The number of nitrogens with one attached hydrogen (secondary N) is 1. The predicted molar refractivity (Wildman–Crippen MR) is 130 cm³/mol. The van der Waals surface area contributed by atoms with Crippen LogP contribution in [0.3, 0.4) is 0 Å². The smallest absolute Gasteiger partial charge is 0.237 e. The highest BCUT2D eigenvalue weighted by Crippen LogP contribution is 2.32. The van der Waals surface area contributed by atoms with Crippen molar-refractivity contribution in [3.05, 3.63) is 58.3 Å². The summed E-state index contributed by atoms with van der Waals surface area (Å²) >= 11 is 13.5. The molecule has 2 unspecified atom stereocenters. The highest BCUT2D eigenvalue weighted by molar-refractivity contribution is 8.00. The van der Waals surface area contributed by atoms with Crippen LogP contribution in [0.5, 0.6) is 5.75 Å². The van der Waals surface area contributed by atoms with Crippen molar-refractivity contribution in [1.82, 2.24) is 19.7 Å². The molecule has 1 amide bonds. The highest BCUT2D eigenvalue weighted by Gasteiger charge is 2.25. The normalized spacial score (nSPS) is 13.1. The van der Waals surface area contributed by atoms with E-state index in [2.05, 4.69) is 15.5 Å². The van der Waals surface area contributed by atoms with Gasteiger partial charge in [0, 0.05) is 15.7 Å². The molecule has 1 heterocycles. The highest BCUT2D eigenvalue weighted by atomic mass is 35.5. The topological polar surface area (TPSA) is 72.3 Å². The second-order valence-electron chi connectivity index (χ2n) is 7.39. The molecule has 3 rings (SSSR count). The molecular formula is C22H25Cl2N5O2S. The van der Waals surface area contributed by atoms with Crippen LogP contribution in [-0.4, -0.2) is 52.0 Å². The average molecular weight is 494 g/mol. The van der Waals surface area contributed by atoms with E-state index in [1.165, 1.54) is 11.8 Å². The Labute approximate surface area is 202 Å². The zero-order valence-corrected chi connectivity index (χ0v) is 20.8. The quantitative estimate of drug-likeness (QED) is 0.427. The molecule has 0 radical (unpaired) electrons. The number of carbonyl (C=O) groups excluding carboxylic acids is 1. The summed E-state index contributed by atoms with van der Waals surface area (Å²) in [5.74, 6) is 1.10. The van der Waals surface area contributed by atoms with E-state index in [0.29, 0.717) is 26.6 Å². The molecule has 10 heteroatoms. The lowest BCUT2D eigenvalue weighted by molar-refractivity contribution is -0.115.